The SMILES string of the molecule is CCOC(C=CCC(C)OS(C)(=O)=O)OCC. The summed E-state index contributed by atoms with van der Waals surface area (Å²) in [5.74, 6) is 0. The Morgan fingerprint density at radius 3 is 2.12 bits per heavy atom. The first-order chi connectivity index (χ1) is 7.89. The van der Waals surface area contributed by atoms with Gasteiger partial charge in [-0.15, -0.1) is 0 Å². The van der Waals surface area contributed by atoms with Gasteiger partial charge in [0.1, 0.15) is 0 Å². The zero-order valence-electron chi connectivity index (χ0n) is 10.9. The minimum Gasteiger partial charge on any atom is -0.349 e. The Morgan fingerprint density at radius 1 is 1.18 bits per heavy atom. The van der Waals surface area contributed by atoms with Gasteiger partial charge in [0.05, 0.1) is 12.4 Å². The van der Waals surface area contributed by atoms with Crippen molar-refractivity contribution in [3.8, 4) is 0 Å². The van der Waals surface area contributed by atoms with Crippen LogP contribution in [-0.4, -0.2) is 40.3 Å². The van der Waals surface area contributed by atoms with Crippen molar-refractivity contribution in [3.63, 3.8) is 0 Å². The molecule has 17 heavy (non-hydrogen) atoms. The molecule has 102 valence electrons. The Bertz CT molecular complexity index is 304. The second kappa shape index (κ2) is 8.63. The number of hydrogen-bond donors (Lipinski definition) is 0. The molecule has 6 heteroatoms. The highest BCUT2D eigenvalue weighted by atomic mass is 32.2. The summed E-state index contributed by atoms with van der Waals surface area (Å²) in [4.78, 5) is 0. The third kappa shape index (κ3) is 10.4. The van der Waals surface area contributed by atoms with E-state index in [9.17, 15) is 8.42 Å². The average Bonchev–Trinajstić information content (AvgIpc) is 2.15. The van der Waals surface area contributed by atoms with Crippen LogP contribution >= 0.6 is 0 Å². The predicted molar refractivity (Wildman–Crippen MR) is 66.2 cm³/mol. The molecule has 0 aliphatic carbocycles. The minimum absolute atomic E-state index is 0.379. The molecule has 5 nitrogen and oxygen atoms in total. The molecule has 0 saturated carbocycles. The summed E-state index contributed by atoms with van der Waals surface area (Å²) in [6, 6.07) is 0. The lowest BCUT2D eigenvalue weighted by atomic mass is 10.2. The van der Waals surface area contributed by atoms with Gasteiger partial charge in [0.25, 0.3) is 10.1 Å². The van der Waals surface area contributed by atoms with Crippen LogP contribution in [0.1, 0.15) is 27.2 Å². The van der Waals surface area contributed by atoms with Crippen LogP contribution in [0, 0.1) is 0 Å². The molecule has 0 saturated heterocycles. The summed E-state index contributed by atoms with van der Waals surface area (Å²) in [6.07, 6.45) is 4.32. The van der Waals surface area contributed by atoms with Crippen LogP contribution in [-0.2, 0) is 23.8 Å². The Balaban J connectivity index is 4.05. The second-order valence-corrected chi connectivity index (χ2v) is 5.15. The normalized spacial score (nSPS) is 14.6. The van der Waals surface area contributed by atoms with Crippen LogP contribution in [0.15, 0.2) is 12.2 Å². The fraction of sp³-hybridized carbons (Fsp3) is 0.818. The van der Waals surface area contributed by atoms with E-state index in [1.165, 1.54) is 0 Å². The van der Waals surface area contributed by atoms with Gasteiger partial charge in [-0.05, 0) is 33.3 Å². The lowest BCUT2D eigenvalue weighted by molar-refractivity contribution is -0.104. The van der Waals surface area contributed by atoms with Crippen LogP contribution in [0.2, 0.25) is 0 Å². The fourth-order valence-electron chi connectivity index (χ4n) is 1.21. The maximum atomic E-state index is 10.8. The first-order valence-corrected chi connectivity index (χ1v) is 7.48. The molecular weight excluding hydrogens is 244 g/mol. The van der Waals surface area contributed by atoms with Crippen LogP contribution in [0.5, 0.6) is 0 Å². The third-order valence-electron chi connectivity index (χ3n) is 1.76. The maximum absolute atomic E-state index is 10.8. The van der Waals surface area contributed by atoms with E-state index >= 15 is 0 Å². The largest absolute Gasteiger partial charge is 0.349 e. The first-order valence-electron chi connectivity index (χ1n) is 5.67. The van der Waals surface area contributed by atoms with Gasteiger partial charge in [-0.25, -0.2) is 0 Å². The molecule has 0 aromatic rings. The molecule has 0 aromatic heterocycles. The Hall–Kier alpha value is -0.430. The minimum atomic E-state index is -3.39. The lowest BCUT2D eigenvalue weighted by Gasteiger charge is -2.13. The fourth-order valence-corrected chi connectivity index (χ4v) is 1.88. The summed E-state index contributed by atoms with van der Waals surface area (Å²) in [7, 11) is -3.39. The van der Waals surface area contributed by atoms with Gasteiger partial charge in [-0.2, -0.15) is 8.42 Å². The van der Waals surface area contributed by atoms with Crippen molar-refractivity contribution in [2.45, 2.75) is 39.6 Å². The molecule has 1 atom stereocenters. The number of hydrogen-bond acceptors (Lipinski definition) is 5. The topological polar surface area (TPSA) is 61.8 Å². The molecule has 0 amide bonds. The van der Waals surface area contributed by atoms with E-state index < -0.39 is 10.1 Å². The smallest absolute Gasteiger partial charge is 0.264 e. The number of ether oxygens (including phenoxy) is 2. The molecule has 0 heterocycles. The zero-order chi connectivity index (χ0) is 13.3. The number of rotatable bonds is 9. The quantitative estimate of drug-likeness (QED) is 0.361. The second-order valence-electron chi connectivity index (χ2n) is 3.55. The monoisotopic (exact) mass is 266 g/mol. The van der Waals surface area contributed by atoms with Crippen molar-refractivity contribution < 1.29 is 22.1 Å². The van der Waals surface area contributed by atoms with Crippen molar-refractivity contribution in [2.24, 2.45) is 0 Å². The van der Waals surface area contributed by atoms with Gasteiger partial charge >= 0.3 is 0 Å². The highest BCUT2D eigenvalue weighted by molar-refractivity contribution is 7.86. The molecule has 0 aliphatic heterocycles. The van der Waals surface area contributed by atoms with Gasteiger partial charge in [0.2, 0.25) is 0 Å². The Labute approximate surface area is 104 Å². The highest BCUT2D eigenvalue weighted by Crippen LogP contribution is 2.05. The van der Waals surface area contributed by atoms with Gasteiger partial charge in [-0.1, -0.05) is 6.08 Å². The summed E-state index contributed by atoms with van der Waals surface area (Å²) >= 11 is 0. The van der Waals surface area contributed by atoms with Crippen molar-refractivity contribution in [1.29, 1.82) is 0 Å². The lowest BCUT2D eigenvalue weighted by Crippen LogP contribution is -2.15. The summed E-state index contributed by atoms with van der Waals surface area (Å²) < 4.78 is 37.1. The Kier molecular flexibility index (Phi) is 8.41. The van der Waals surface area contributed by atoms with E-state index in [0.29, 0.717) is 19.6 Å². The van der Waals surface area contributed by atoms with Crippen LogP contribution in [0.3, 0.4) is 0 Å². The van der Waals surface area contributed by atoms with Gasteiger partial charge in [0.15, 0.2) is 6.29 Å². The van der Waals surface area contributed by atoms with Crippen molar-refractivity contribution in [2.75, 3.05) is 19.5 Å². The summed E-state index contributed by atoms with van der Waals surface area (Å²) in [6.45, 7) is 6.58. The van der Waals surface area contributed by atoms with E-state index in [1.807, 2.05) is 13.8 Å². The van der Waals surface area contributed by atoms with Gasteiger partial charge in [-0.3, -0.25) is 4.18 Å². The van der Waals surface area contributed by atoms with Crippen LogP contribution in [0.4, 0.5) is 0 Å². The average molecular weight is 266 g/mol. The molecule has 0 aliphatic rings. The van der Waals surface area contributed by atoms with E-state index in [0.717, 1.165) is 6.26 Å². The van der Waals surface area contributed by atoms with E-state index in [1.54, 1.807) is 19.1 Å². The highest BCUT2D eigenvalue weighted by Gasteiger charge is 2.09. The maximum Gasteiger partial charge on any atom is 0.264 e. The molecular formula is C11H22O5S. The predicted octanol–water partition coefficient (Wildman–Crippen LogP) is 1.70. The van der Waals surface area contributed by atoms with Gasteiger partial charge in [0, 0.05) is 13.2 Å². The van der Waals surface area contributed by atoms with E-state index in [-0.39, 0.29) is 12.4 Å². The molecule has 0 spiro atoms. The van der Waals surface area contributed by atoms with Crippen LogP contribution < -0.4 is 0 Å². The molecule has 0 rings (SSSR count). The summed E-state index contributed by atoms with van der Waals surface area (Å²) in [5.41, 5.74) is 0. The van der Waals surface area contributed by atoms with Crippen molar-refractivity contribution in [3.05, 3.63) is 12.2 Å². The molecule has 0 N–H and O–H groups in total. The van der Waals surface area contributed by atoms with Crippen LogP contribution in [0.25, 0.3) is 0 Å². The molecule has 0 radical (unpaired) electrons. The Morgan fingerprint density at radius 2 is 1.71 bits per heavy atom. The zero-order valence-corrected chi connectivity index (χ0v) is 11.7. The third-order valence-corrected chi connectivity index (χ3v) is 2.44. The van der Waals surface area contributed by atoms with Gasteiger partial charge < -0.3 is 9.47 Å². The molecule has 0 aromatic carbocycles. The standard InChI is InChI=1S/C11H22O5S/c1-5-14-11(15-6-2)9-7-8-10(3)16-17(4,12)13/h7,9-11H,5-6,8H2,1-4H3. The molecule has 1 unspecified atom stereocenters. The molecule has 0 fully saturated rings. The van der Waals surface area contributed by atoms with Crippen molar-refractivity contribution in [1.82, 2.24) is 0 Å². The van der Waals surface area contributed by atoms with Crippen molar-refractivity contribution >= 4 is 10.1 Å². The first kappa shape index (κ1) is 16.6. The van der Waals surface area contributed by atoms with E-state index in [2.05, 4.69) is 0 Å². The van der Waals surface area contributed by atoms with E-state index in [4.69, 9.17) is 13.7 Å². The summed E-state index contributed by atoms with van der Waals surface area (Å²) in [5, 5.41) is 0. The molecule has 0 bridgehead atoms.